The van der Waals surface area contributed by atoms with E-state index in [0.29, 0.717) is 28.3 Å². The summed E-state index contributed by atoms with van der Waals surface area (Å²) in [6.45, 7) is 0.405. The molecule has 0 aliphatic rings. The topological polar surface area (TPSA) is 64.4 Å². The summed E-state index contributed by atoms with van der Waals surface area (Å²) >= 11 is 7.10. The molecule has 4 rings (SSSR count). The van der Waals surface area contributed by atoms with Crippen molar-refractivity contribution in [2.24, 2.45) is 0 Å². The highest BCUT2D eigenvalue weighted by molar-refractivity contribution is 7.99. The zero-order valence-corrected chi connectivity index (χ0v) is 20.1. The predicted molar refractivity (Wildman–Crippen MR) is 132 cm³/mol. The molecule has 34 heavy (non-hydrogen) atoms. The fourth-order valence-corrected chi connectivity index (χ4v) is 4.56. The highest BCUT2D eigenvalue weighted by Gasteiger charge is 2.17. The van der Waals surface area contributed by atoms with Crippen LogP contribution in [-0.4, -0.2) is 40.3 Å². The van der Waals surface area contributed by atoms with Gasteiger partial charge in [-0.3, -0.25) is 14.2 Å². The normalized spacial score (nSPS) is 10.9. The molecule has 0 saturated heterocycles. The van der Waals surface area contributed by atoms with Crippen LogP contribution in [0.5, 0.6) is 5.75 Å². The number of fused-ring (bicyclic) bond motifs is 1. The van der Waals surface area contributed by atoms with Gasteiger partial charge in [0.1, 0.15) is 11.6 Å². The van der Waals surface area contributed by atoms with E-state index in [1.54, 1.807) is 43.3 Å². The quantitative estimate of drug-likeness (QED) is 0.267. The van der Waals surface area contributed by atoms with Crippen LogP contribution in [0.2, 0.25) is 5.02 Å². The number of thioether (sulfide) groups is 1. The van der Waals surface area contributed by atoms with Gasteiger partial charge in [-0.2, -0.15) is 0 Å². The fourth-order valence-electron chi connectivity index (χ4n) is 3.43. The van der Waals surface area contributed by atoms with Crippen molar-refractivity contribution < 1.29 is 13.9 Å². The van der Waals surface area contributed by atoms with E-state index in [1.807, 2.05) is 24.3 Å². The zero-order chi connectivity index (χ0) is 24.2. The Morgan fingerprint density at radius 1 is 1.15 bits per heavy atom. The van der Waals surface area contributed by atoms with Crippen LogP contribution >= 0.6 is 23.4 Å². The van der Waals surface area contributed by atoms with Crippen LogP contribution in [0.15, 0.2) is 76.7 Å². The van der Waals surface area contributed by atoms with E-state index in [9.17, 15) is 14.0 Å². The molecule has 0 saturated carbocycles. The second-order valence-electron chi connectivity index (χ2n) is 7.54. The van der Waals surface area contributed by atoms with Crippen LogP contribution < -0.4 is 10.3 Å². The molecule has 0 aliphatic heterocycles. The molecule has 0 atom stereocenters. The van der Waals surface area contributed by atoms with E-state index >= 15 is 0 Å². The van der Waals surface area contributed by atoms with Crippen LogP contribution in [0.25, 0.3) is 16.6 Å². The number of nitrogens with zero attached hydrogens (tertiary/aromatic N) is 3. The molecule has 174 valence electrons. The minimum Gasteiger partial charge on any atom is -0.497 e. The summed E-state index contributed by atoms with van der Waals surface area (Å²) in [6.07, 6.45) is 0. The number of carbonyl (C=O) groups excluding carboxylic acids is 1. The maximum absolute atomic E-state index is 13.7. The summed E-state index contributed by atoms with van der Waals surface area (Å²) in [6, 6.07) is 18.5. The van der Waals surface area contributed by atoms with Crippen molar-refractivity contribution in [1.29, 1.82) is 0 Å². The zero-order valence-electron chi connectivity index (χ0n) is 18.5. The van der Waals surface area contributed by atoms with E-state index in [0.717, 1.165) is 23.1 Å². The predicted octanol–water partition coefficient (Wildman–Crippen LogP) is 4.94. The van der Waals surface area contributed by atoms with Crippen molar-refractivity contribution in [3.63, 3.8) is 0 Å². The average Bonchev–Trinajstić information content (AvgIpc) is 2.84. The Kier molecular flexibility index (Phi) is 7.19. The number of benzene rings is 3. The lowest BCUT2D eigenvalue weighted by atomic mass is 10.2. The lowest BCUT2D eigenvalue weighted by Crippen LogP contribution is -2.28. The number of rotatable bonds is 7. The second-order valence-corrected chi connectivity index (χ2v) is 8.89. The second kappa shape index (κ2) is 10.3. The molecule has 0 N–H and O–H groups in total. The molecule has 0 fully saturated rings. The third-order valence-electron chi connectivity index (χ3n) is 5.21. The molecule has 0 radical (unpaired) electrons. The number of ether oxygens (including phenoxy) is 1. The Labute approximate surface area is 204 Å². The van der Waals surface area contributed by atoms with Gasteiger partial charge in [-0.1, -0.05) is 47.6 Å². The molecule has 4 aromatic rings. The third-order valence-corrected chi connectivity index (χ3v) is 6.42. The summed E-state index contributed by atoms with van der Waals surface area (Å²) < 4.78 is 20.3. The van der Waals surface area contributed by atoms with Gasteiger partial charge < -0.3 is 9.64 Å². The molecular formula is C25H21ClFN3O3S. The third kappa shape index (κ3) is 5.08. The summed E-state index contributed by atoms with van der Waals surface area (Å²) in [5, 5.41) is 0.617. The molecule has 0 unspecified atom stereocenters. The first-order chi connectivity index (χ1) is 16.4. The average molecular weight is 498 g/mol. The minimum absolute atomic E-state index is 0.0557. The highest BCUT2D eigenvalue weighted by Crippen LogP contribution is 2.25. The number of hydrogen-bond donors (Lipinski definition) is 0. The van der Waals surface area contributed by atoms with Gasteiger partial charge in [-0.25, -0.2) is 9.37 Å². The van der Waals surface area contributed by atoms with Crippen molar-refractivity contribution in [3.05, 3.63) is 93.5 Å². The summed E-state index contributed by atoms with van der Waals surface area (Å²) in [7, 11) is 3.30. The van der Waals surface area contributed by atoms with Crippen molar-refractivity contribution in [1.82, 2.24) is 14.5 Å². The van der Waals surface area contributed by atoms with E-state index in [1.165, 1.54) is 22.8 Å². The summed E-state index contributed by atoms with van der Waals surface area (Å²) in [4.78, 5) is 32.4. The van der Waals surface area contributed by atoms with Gasteiger partial charge in [0.2, 0.25) is 5.91 Å². The molecule has 1 heterocycles. The van der Waals surface area contributed by atoms with Crippen LogP contribution in [0.3, 0.4) is 0 Å². The van der Waals surface area contributed by atoms with Crippen LogP contribution in [0, 0.1) is 5.82 Å². The standard InChI is InChI=1S/C25H21ClFN3O3S/c1-29(14-16-6-5-7-18(12-16)33-2)23(31)15-34-25-28-22-9-4-3-8-19(22)24(32)30(25)17-10-11-21(27)20(26)13-17/h3-13H,14-15H2,1-2H3. The van der Waals surface area contributed by atoms with E-state index in [-0.39, 0.29) is 22.2 Å². The highest BCUT2D eigenvalue weighted by atomic mass is 35.5. The van der Waals surface area contributed by atoms with Gasteiger partial charge in [-0.05, 0) is 48.0 Å². The number of aromatic nitrogens is 2. The van der Waals surface area contributed by atoms with E-state index < -0.39 is 5.82 Å². The van der Waals surface area contributed by atoms with Gasteiger partial charge >= 0.3 is 0 Å². The Morgan fingerprint density at radius 3 is 2.71 bits per heavy atom. The fraction of sp³-hybridized carbons (Fsp3) is 0.160. The largest absolute Gasteiger partial charge is 0.497 e. The number of carbonyl (C=O) groups is 1. The Balaban J connectivity index is 1.62. The van der Waals surface area contributed by atoms with Gasteiger partial charge in [0.25, 0.3) is 5.56 Å². The monoisotopic (exact) mass is 497 g/mol. The molecule has 3 aromatic carbocycles. The maximum Gasteiger partial charge on any atom is 0.266 e. The van der Waals surface area contributed by atoms with Crippen LogP contribution in [0.1, 0.15) is 5.56 Å². The summed E-state index contributed by atoms with van der Waals surface area (Å²) in [5.74, 6) is 0.0462. The number of halogens is 2. The summed E-state index contributed by atoms with van der Waals surface area (Å²) in [5.41, 5.74) is 1.49. The van der Waals surface area contributed by atoms with Crippen molar-refractivity contribution in [3.8, 4) is 11.4 Å². The Hall–Kier alpha value is -3.36. The van der Waals surface area contributed by atoms with E-state index in [4.69, 9.17) is 16.3 Å². The Bertz CT molecular complexity index is 1430. The number of hydrogen-bond acceptors (Lipinski definition) is 5. The Morgan fingerprint density at radius 2 is 1.94 bits per heavy atom. The molecule has 6 nitrogen and oxygen atoms in total. The first-order valence-electron chi connectivity index (χ1n) is 10.3. The molecule has 1 aromatic heterocycles. The number of methoxy groups -OCH3 is 1. The van der Waals surface area contributed by atoms with Crippen molar-refractivity contribution in [2.45, 2.75) is 11.7 Å². The molecular weight excluding hydrogens is 477 g/mol. The smallest absolute Gasteiger partial charge is 0.266 e. The SMILES string of the molecule is COc1cccc(CN(C)C(=O)CSc2nc3ccccc3c(=O)n2-c2ccc(F)c(Cl)c2)c1. The van der Waals surface area contributed by atoms with Gasteiger partial charge in [0.05, 0.1) is 34.5 Å². The van der Waals surface area contributed by atoms with Gasteiger partial charge in [0, 0.05) is 13.6 Å². The maximum atomic E-state index is 13.7. The molecule has 1 amide bonds. The van der Waals surface area contributed by atoms with Gasteiger partial charge in [-0.15, -0.1) is 0 Å². The first-order valence-corrected chi connectivity index (χ1v) is 11.7. The number of para-hydroxylation sites is 1. The minimum atomic E-state index is -0.587. The van der Waals surface area contributed by atoms with Crippen LogP contribution in [-0.2, 0) is 11.3 Å². The van der Waals surface area contributed by atoms with Gasteiger partial charge in [0.15, 0.2) is 5.16 Å². The number of amides is 1. The van der Waals surface area contributed by atoms with E-state index in [2.05, 4.69) is 4.98 Å². The molecule has 0 aliphatic carbocycles. The lowest BCUT2D eigenvalue weighted by molar-refractivity contribution is -0.127. The van der Waals surface area contributed by atoms with Crippen LogP contribution in [0.4, 0.5) is 4.39 Å². The first kappa shape index (κ1) is 23.8. The van der Waals surface area contributed by atoms with Crippen molar-refractivity contribution >= 4 is 40.2 Å². The molecule has 0 spiro atoms. The molecule has 0 bridgehead atoms. The molecule has 9 heteroatoms. The van der Waals surface area contributed by atoms with Crippen molar-refractivity contribution in [2.75, 3.05) is 19.9 Å². The lowest BCUT2D eigenvalue weighted by Gasteiger charge is -2.18.